The molecule has 0 amide bonds. The molecule has 0 atom stereocenters. The third-order valence-electron chi connectivity index (χ3n) is 2.56. The van der Waals surface area contributed by atoms with Gasteiger partial charge >= 0.3 is 7.48 Å². The Hall–Kier alpha value is -0.700. The molecule has 3 nitrogen and oxygen atoms in total. The van der Waals surface area contributed by atoms with Gasteiger partial charge in [0, 0.05) is 18.0 Å². The van der Waals surface area contributed by atoms with Crippen LogP contribution >= 0.6 is 0 Å². The first-order valence-electron chi connectivity index (χ1n) is 4.62. The van der Waals surface area contributed by atoms with Gasteiger partial charge in [-0.05, 0) is 24.6 Å². The molecule has 3 radical (unpaired) electrons. The summed E-state index contributed by atoms with van der Waals surface area (Å²) in [5.41, 5.74) is 0.492. The quantitative estimate of drug-likeness (QED) is 0.711. The van der Waals surface area contributed by atoms with Gasteiger partial charge in [0.25, 0.3) is 0 Å². The molecule has 0 aliphatic heterocycles. The van der Waals surface area contributed by atoms with Gasteiger partial charge in [0.15, 0.2) is 0 Å². The number of aromatic amines is 1. The van der Waals surface area contributed by atoms with E-state index in [0.29, 0.717) is 0 Å². The molecule has 1 N–H and O–H groups in total. The van der Waals surface area contributed by atoms with Crippen LogP contribution in [0.15, 0.2) is 12.4 Å². The second-order valence-corrected chi connectivity index (χ2v) is 4.50. The van der Waals surface area contributed by atoms with Crippen LogP contribution in [0.3, 0.4) is 0 Å². The molecule has 73 valence electrons. The third kappa shape index (κ3) is 2.64. The number of nitrogens with zero attached hydrogens (tertiary/aromatic N) is 1. The van der Waals surface area contributed by atoms with E-state index in [1.165, 1.54) is 0 Å². The highest BCUT2D eigenvalue weighted by Crippen LogP contribution is 2.36. The number of rotatable bonds is 4. The van der Waals surface area contributed by atoms with Crippen LogP contribution in [0.5, 0.6) is 0 Å². The number of nitrogens with one attached hydrogen (secondary N) is 1. The van der Waals surface area contributed by atoms with E-state index < -0.39 is 10.9 Å². The Kier molecular flexibility index (Phi) is 3.10. The molecule has 1 aromatic heterocycles. The van der Waals surface area contributed by atoms with Gasteiger partial charge in [0.2, 0.25) is 0 Å². The van der Waals surface area contributed by atoms with Crippen LogP contribution < -0.4 is 5.46 Å². The van der Waals surface area contributed by atoms with Crippen molar-refractivity contribution in [3.8, 4) is 0 Å². The highest BCUT2D eigenvalue weighted by atomic mass is 16.5. The Balaban J connectivity index is 2.53. The van der Waals surface area contributed by atoms with Crippen molar-refractivity contribution in [2.45, 2.75) is 38.6 Å². The van der Waals surface area contributed by atoms with E-state index in [4.69, 9.17) is 12.5 Å². The van der Waals surface area contributed by atoms with Crippen molar-refractivity contribution in [2.75, 3.05) is 0 Å². The molecule has 1 heterocycles. The van der Waals surface area contributed by atoms with Gasteiger partial charge < -0.3 is 4.65 Å². The summed E-state index contributed by atoms with van der Waals surface area (Å²) < 4.78 is 5.63. The molecule has 0 aliphatic carbocycles. The van der Waals surface area contributed by atoms with Gasteiger partial charge in [0.05, 0.1) is 7.85 Å². The summed E-state index contributed by atoms with van der Waals surface area (Å²) in [4.78, 5) is 0. The smallest absolute Gasteiger partial charge is 0.333 e. The maximum absolute atomic E-state index is 5.98. The Morgan fingerprint density at radius 1 is 1.43 bits per heavy atom. The molecule has 1 aromatic rings. The number of H-pyrrole nitrogens is 1. The van der Waals surface area contributed by atoms with Crippen molar-refractivity contribution < 1.29 is 4.65 Å². The lowest BCUT2D eigenvalue weighted by molar-refractivity contribution is 0.0767. The SMILES string of the molecule is [B]C(C)(C)C(C)(C)O[B]c1cn[nH]c1. The van der Waals surface area contributed by atoms with E-state index in [1.807, 2.05) is 27.7 Å². The summed E-state index contributed by atoms with van der Waals surface area (Å²) in [5, 5.41) is 6.13. The highest BCUT2D eigenvalue weighted by Gasteiger charge is 2.32. The molecule has 5 heteroatoms. The fourth-order valence-electron chi connectivity index (χ4n) is 0.693. The average molecular weight is 189 g/mol. The molecule has 14 heavy (non-hydrogen) atoms. The third-order valence-corrected chi connectivity index (χ3v) is 2.56. The first kappa shape index (κ1) is 11.4. The van der Waals surface area contributed by atoms with Crippen molar-refractivity contribution in [1.29, 1.82) is 0 Å². The molecule has 0 aliphatic rings. The lowest BCUT2D eigenvalue weighted by Crippen LogP contribution is -2.40. The Morgan fingerprint density at radius 2 is 2.07 bits per heavy atom. The van der Waals surface area contributed by atoms with Gasteiger partial charge in [-0.2, -0.15) is 5.10 Å². The van der Waals surface area contributed by atoms with Gasteiger partial charge in [-0.3, -0.25) is 5.10 Å². The first-order chi connectivity index (χ1) is 6.33. The van der Waals surface area contributed by atoms with E-state index in [2.05, 4.69) is 10.2 Å². The number of aromatic nitrogens is 2. The van der Waals surface area contributed by atoms with E-state index >= 15 is 0 Å². The Morgan fingerprint density at radius 3 is 2.50 bits per heavy atom. The van der Waals surface area contributed by atoms with Crippen molar-refractivity contribution in [3.05, 3.63) is 12.4 Å². The van der Waals surface area contributed by atoms with Gasteiger partial charge in [0.1, 0.15) is 0 Å². The fraction of sp³-hybridized carbons (Fsp3) is 0.667. The minimum absolute atomic E-state index is 0.396. The van der Waals surface area contributed by atoms with Crippen LogP contribution in [0.4, 0.5) is 0 Å². The van der Waals surface area contributed by atoms with Gasteiger partial charge in [-0.25, -0.2) is 0 Å². The Bertz CT molecular complexity index is 278. The maximum Gasteiger partial charge on any atom is 0.333 e. The minimum Gasteiger partial charge on any atom is -0.430 e. The molecule has 0 saturated heterocycles. The van der Waals surface area contributed by atoms with Crippen LogP contribution in [0, 0.1) is 0 Å². The number of hydrogen-bond acceptors (Lipinski definition) is 2. The standard InChI is InChI=1S/C9H15B2N2O/c1-8(2,10)9(3,4)14-11-7-5-12-13-6-7/h5-6H,1-4H3,(H,12,13). The molecular weight excluding hydrogens is 174 g/mol. The maximum atomic E-state index is 5.98. The zero-order valence-corrected chi connectivity index (χ0v) is 9.16. The van der Waals surface area contributed by atoms with E-state index in [1.54, 1.807) is 19.9 Å². The molecule has 0 aromatic carbocycles. The molecule has 0 bridgehead atoms. The molecule has 1 rings (SSSR count). The van der Waals surface area contributed by atoms with Crippen LogP contribution in [0.2, 0.25) is 5.31 Å². The molecular formula is C9H15B2N2O. The molecule has 0 unspecified atom stereocenters. The molecule has 0 spiro atoms. The van der Waals surface area contributed by atoms with Crippen molar-refractivity contribution in [2.24, 2.45) is 0 Å². The summed E-state index contributed by atoms with van der Waals surface area (Å²) in [6.07, 6.45) is 3.46. The van der Waals surface area contributed by atoms with Crippen molar-refractivity contribution >= 4 is 20.8 Å². The normalized spacial score (nSPS) is 12.9. The summed E-state index contributed by atoms with van der Waals surface area (Å²) in [5.74, 6) is 0. The minimum atomic E-state index is -0.412. The highest BCUT2D eigenvalue weighted by molar-refractivity contribution is 6.46. The second kappa shape index (κ2) is 3.81. The van der Waals surface area contributed by atoms with Crippen LogP contribution in [0.1, 0.15) is 27.7 Å². The first-order valence-corrected chi connectivity index (χ1v) is 4.62. The lowest BCUT2D eigenvalue weighted by atomic mass is 9.61. The van der Waals surface area contributed by atoms with Crippen LogP contribution in [-0.4, -0.2) is 31.1 Å². The van der Waals surface area contributed by atoms with E-state index in [0.717, 1.165) is 5.46 Å². The monoisotopic (exact) mass is 189 g/mol. The number of hydrogen-bond donors (Lipinski definition) is 1. The topological polar surface area (TPSA) is 37.9 Å². The summed E-state index contributed by atoms with van der Waals surface area (Å²) in [7, 11) is 7.65. The van der Waals surface area contributed by atoms with E-state index in [9.17, 15) is 0 Å². The summed E-state index contributed by atoms with van der Waals surface area (Å²) >= 11 is 0. The van der Waals surface area contributed by atoms with Crippen LogP contribution in [-0.2, 0) is 4.65 Å². The largest absolute Gasteiger partial charge is 0.430 e. The van der Waals surface area contributed by atoms with Crippen LogP contribution in [0.25, 0.3) is 0 Å². The lowest BCUT2D eigenvalue weighted by Gasteiger charge is -2.39. The molecule has 0 saturated carbocycles. The van der Waals surface area contributed by atoms with Gasteiger partial charge in [-0.15, -0.1) is 0 Å². The summed E-state index contributed by atoms with van der Waals surface area (Å²) in [6, 6.07) is 0. The second-order valence-electron chi connectivity index (χ2n) is 4.50. The zero-order chi connectivity index (χ0) is 10.8. The van der Waals surface area contributed by atoms with Gasteiger partial charge in [-0.1, -0.05) is 13.8 Å². The molecule has 0 fully saturated rings. The average Bonchev–Trinajstić information content (AvgIpc) is 2.50. The zero-order valence-electron chi connectivity index (χ0n) is 9.16. The van der Waals surface area contributed by atoms with Crippen molar-refractivity contribution in [1.82, 2.24) is 10.2 Å². The van der Waals surface area contributed by atoms with Crippen molar-refractivity contribution in [3.63, 3.8) is 0 Å². The van der Waals surface area contributed by atoms with E-state index in [-0.39, 0.29) is 0 Å². The predicted octanol–water partition coefficient (Wildman–Crippen LogP) is 0.816. The predicted molar refractivity (Wildman–Crippen MR) is 58.9 cm³/mol. The summed E-state index contributed by atoms with van der Waals surface area (Å²) in [6.45, 7) is 7.81. The fourth-order valence-corrected chi connectivity index (χ4v) is 0.693. The Labute approximate surface area is 87.3 Å².